The molecule has 0 aliphatic carbocycles. The van der Waals surface area contributed by atoms with Gasteiger partial charge in [0.2, 0.25) is 0 Å². The van der Waals surface area contributed by atoms with Crippen LogP contribution in [0.2, 0.25) is 0 Å². The van der Waals surface area contributed by atoms with Gasteiger partial charge in [-0.25, -0.2) is 9.36 Å². The van der Waals surface area contributed by atoms with Gasteiger partial charge in [-0.1, -0.05) is 25.5 Å². The fourth-order valence-electron chi connectivity index (χ4n) is 1.67. The monoisotopic (exact) mass is 284 g/mol. The molecule has 1 aromatic rings. The third-order valence-corrected chi connectivity index (χ3v) is 4.76. The minimum atomic E-state index is -3.60. The summed E-state index contributed by atoms with van der Waals surface area (Å²) in [6, 6.07) is 6.58. The van der Waals surface area contributed by atoms with Crippen LogP contribution < -0.4 is 4.52 Å². The molecule has 19 heavy (non-hydrogen) atoms. The first-order chi connectivity index (χ1) is 9.07. The van der Waals surface area contributed by atoms with Crippen molar-refractivity contribution < 1.29 is 23.1 Å². The Morgan fingerprint density at radius 2 is 2.05 bits per heavy atom. The molecule has 0 fully saturated rings. The van der Waals surface area contributed by atoms with Gasteiger partial charge in [-0.2, -0.15) is 0 Å². The molecule has 5 nitrogen and oxygen atoms in total. The predicted octanol–water partition coefficient (Wildman–Crippen LogP) is 3.59. The van der Waals surface area contributed by atoms with Crippen LogP contribution in [0.25, 0.3) is 0 Å². The van der Waals surface area contributed by atoms with Gasteiger partial charge in [0.25, 0.3) is 0 Å². The fourth-order valence-corrected chi connectivity index (χ4v) is 3.06. The number of unbranched alkanes of at least 4 members (excludes halogenated alkanes) is 1. The van der Waals surface area contributed by atoms with Crippen LogP contribution in [0.1, 0.15) is 37.0 Å². The van der Waals surface area contributed by atoms with Crippen molar-refractivity contribution in [2.45, 2.75) is 32.5 Å². The van der Waals surface area contributed by atoms with Crippen molar-refractivity contribution in [3.05, 3.63) is 29.8 Å². The highest BCUT2D eigenvalue weighted by Gasteiger charge is 2.43. The lowest BCUT2D eigenvalue weighted by atomic mass is 10.2. The standard InChI is InChI=1S/C13H17O5P/c1-3-4-9-16-10(2)19(15)17-12-8-6-5-7-11(12)13(14)18-19/h5-8,10H,3-4,9H2,1-2H3. The molecule has 6 heteroatoms. The minimum absolute atomic E-state index is 0.285. The lowest BCUT2D eigenvalue weighted by Gasteiger charge is -2.28. The first-order valence-electron chi connectivity index (χ1n) is 6.30. The van der Waals surface area contributed by atoms with E-state index in [9.17, 15) is 9.36 Å². The molecule has 1 aliphatic heterocycles. The molecule has 0 spiro atoms. The highest BCUT2D eigenvalue weighted by Crippen LogP contribution is 2.57. The molecule has 1 aromatic carbocycles. The first-order valence-corrected chi connectivity index (χ1v) is 7.92. The summed E-state index contributed by atoms with van der Waals surface area (Å²) in [5.41, 5.74) is 0.287. The second-order valence-electron chi connectivity index (χ2n) is 4.33. The summed E-state index contributed by atoms with van der Waals surface area (Å²) >= 11 is 0. The van der Waals surface area contributed by atoms with Crippen molar-refractivity contribution in [1.82, 2.24) is 0 Å². The molecule has 2 unspecified atom stereocenters. The van der Waals surface area contributed by atoms with Gasteiger partial charge in [-0.15, -0.1) is 0 Å². The van der Waals surface area contributed by atoms with Crippen molar-refractivity contribution in [2.75, 3.05) is 6.61 Å². The average Bonchev–Trinajstić information content (AvgIpc) is 2.38. The maximum Gasteiger partial charge on any atom is 0.461 e. The quantitative estimate of drug-likeness (QED) is 0.610. The number of para-hydroxylation sites is 1. The number of hydrogen-bond acceptors (Lipinski definition) is 5. The van der Waals surface area contributed by atoms with Crippen molar-refractivity contribution in [3.63, 3.8) is 0 Å². The van der Waals surface area contributed by atoms with Gasteiger partial charge in [-0.05, 0) is 25.5 Å². The molecule has 0 aromatic heterocycles. The molecule has 0 amide bonds. The maximum absolute atomic E-state index is 12.5. The van der Waals surface area contributed by atoms with Gasteiger partial charge >= 0.3 is 13.6 Å². The van der Waals surface area contributed by atoms with Crippen molar-refractivity contribution in [3.8, 4) is 5.75 Å². The Bertz CT molecular complexity index is 514. The Labute approximate surface area is 112 Å². The van der Waals surface area contributed by atoms with E-state index in [-0.39, 0.29) is 11.3 Å². The van der Waals surface area contributed by atoms with Crippen LogP contribution in [0.5, 0.6) is 5.75 Å². The van der Waals surface area contributed by atoms with E-state index in [4.69, 9.17) is 13.8 Å². The maximum atomic E-state index is 12.5. The highest BCUT2D eigenvalue weighted by molar-refractivity contribution is 7.55. The van der Waals surface area contributed by atoms with E-state index in [2.05, 4.69) is 0 Å². The first kappa shape index (κ1) is 14.1. The Kier molecular flexibility index (Phi) is 4.27. The summed E-state index contributed by atoms with van der Waals surface area (Å²) in [6.07, 6.45) is 1.83. The molecule has 0 saturated carbocycles. The SMILES string of the molecule is CCCCOC(C)P1(=O)OC(=O)c2ccccc2O1. The molecule has 2 atom stereocenters. The molecule has 0 bridgehead atoms. The zero-order valence-electron chi connectivity index (χ0n) is 11.0. The summed E-state index contributed by atoms with van der Waals surface area (Å²) < 4.78 is 28.3. The number of carbonyl (C=O) groups is 1. The Hall–Kier alpha value is -1.32. The van der Waals surface area contributed by atoms with E-state index in [0.717, 1.165) is 12.8 Å². The highest BCUT2D eigenvalue weighted by atomic mass is 31.2. The summed E-state index contributed by atoms with van der Waals surface area (Å²) in [5.74, 6) is -1.11. The van der Waals surface area contributed by atoms with Gasteiger partial charge in [0, 0.05) is 6.61 Å². The molecular formula is C13H17O5P. The lowest BCUT2D eigenvalue weighted by Crippen LogP contribution is -2.22. The predicted molar refractivity (Wildman–Crippen MR) is 70.4 cm³/mol. The lowest BCUT2D eigenvalue weighted by molar-refractivity contribution is 0.0584. The average molecular weight is 284 g/mol. The van der Waals surface area contributed by atoms with E-state index in [1.807, 2.05) is 6.92 Å². The van der Waals surface area contributed by atoms with Gasteiger partial charge in [-0.3, -0.25) is 0 Å². The van der Waals surface area contributed by atoms with E-state index < -0.39 is 19.4 Å². The fraction of sp³-hybridized carbons (Fsp3) is 0.462. The third kappa shape index (κ3) is 2.99. The molecule has 1 heterocycles. The molecule has 104 valence electrons. The topological polar surface area (TPSA) is 61.8 Å². The number of ether oxygens (including phenoxy) is 1. The molecule has 0 radical (unpaired) electrons. The van der Waals surface area contributed by atoms with Crippen LogP contribution in [-0.4, -0.2) is 18.4 Å². The number of hydrogen-bond donors (Lipinski definition) is 0. The van der Waals surface area contributed by atoms with Crippen molar-refractivity contribution in [2.24, 2.45) is 0 Å². The van der Waals surface area contributed by atoms with Crippen LogP contribution in [0.4, 0.5) is 0 Å². The molecule has 0 N–H and O–H groups in total. The van der Waals surface area contributed by atoms with Crippen LogP contribution >= 0.6 is 7.60 Å². The zero-order chi connectivity index (χ0) is 13.9. The normalized spacial score (nSPS) is 23.2. The van der Waals surface area contributed by atoms with Gasteiger partial charge in [0.1, 0.15) is 11.3 Å². The second kappa shape index (κ2) is 5.76. The van der Waals surface area contributed by atoms with E-state index in [1.165, 1.54) is 0 Å². The largest absolute Gasteiger partial charge is 0.461 e. The summed E-state index contributed by atoms with van der Waals surface area (Å²) in [6.45, 7) is 4.09. The van der Waals surface area contributed by atoms with Crippen LogP contribution in [0.3, 0.4) is 0 Å². The minimum Gasteiger partial charge on any atom is -0.413 e. The Morgan fingerprint density at radius 3 is 2.79 bits per heavy atom. The van der Waals surface area contributed by atoms with E-state index in [1.54, 1.807) is 31.2 Å². The third-order valence-electron chi connectivity index (χ3n) is 2.84. The molecule has 1 aliphatic rings. The number of carbonyl (C=O) groups excluding carboxylic acids is 1. The number of benzene rings is 1. The van der Waals surface area contributed by atoms with Gasteiger partial charge in [0.05, 0.1) is 0 Å². The van der Waals surface area contributed by atoms with E-state index >= 15 is 0 Å². The van der Waals surface area contributed by atoms with E-state index in [0.29, 0.717) is 6.61 Å². The van der Waals surface area contributed by atoms with Crippen LogP contribution in [0.15, 0.2) is 24.3 Å². The summed E-state index contributed by atoms with van der Waals surface area (Å²) in [7, 11) is -3.60. The van der Waals surface area contributed by atoms with Crippen molar-refractivity contribution >= 4 is 13.6 Å². The zero-order valence-corrected chi connectivity index (χ0v) is 11.9. The second-order valence-corrected chi connectivity index (χ2v) is 6.50. The smallest absolute Gasteiger partial charge is 0.413 e. The van der Waals surface area contributed by atoms with Gasteiger partial charge in [0.15, 0.2) is 5.85 Å². The Balaban J connectivity index is 2.14. The molecule has 0 saturated heterocycles. The van der Waals surface area contributed by atoms with Crippen LogP contribution in [-0.2, 0) is 13.8 Å². The summed E-state index contributed by atoms with van der Waals surface area (Å²) in [4.78, 5) is 11.8. The summed E-state index contributed by atoms with van der Waals surface area (Å²) in [5, 5.41) is 0. The molecular weight excluding hydrogens is 267 g/mol. The van der Waals surface area contributed by atoms with Crippen LogP contribution in [0, 0.1) is 0 Å². The van der Waals surface area contributed by atoms with Gasteiger partial charge < -0.3 is 13.8 Å². The number of rotatable bonds is 5. The number of fused-ring (bicyclic) bond motifs is 1. The molecule has 2 rings (SSSR count). The Morgan fingerprint density at radius 1 is 1.32 bits per heavy atom. The van der Waals surface area contributed by atoms with Crippen molar-refractivity contribution in [1.29, 1.82) is 0 Å².